The number of carboxylic acid groups (broad SMARTS) is 1. The largest absolute Gasteiger partial charge is 0.508 e. The number of aromatic hydroxyl groups is 2. The number of phenols is 2. The van der Waals surface area contributed by atoms with Crippen LogP contribution in [0.1, 0.15) is 22.6 Å². The zero-order valence-corrected chi connectivity index (χ0v) is 11.1. The van der Waals surface area contributed by atoms with Crippen molar-refractivity contribution in [2.45, 2.75) is 19.3 Å². The molecule has 0 saturated carbocycles. The summed E-state index contributed by atoms with van der Waals surface area (Å²) in [5.41, 5.74) is 2.25. The topological polar surface area (TPSA) is 77.8 Å². The zero-order valence-electron chi connectivity index (χ0n) is 11.1. The molecule has 2 rings (SSSR count). The third-order valence-corrected chi connectivity index (χ3v) is 3.27. The van der Waals surface area contributed by atoms with Gasteiger partial charge in [0.25, 0.3) is 0 Å². The Morgan fingerprint density at radius 3 is 2.30 bits per heavy atom. The lowest BCUT2D eigenvalue weighted by Crippen LogP contribution is -2.14. The summed E-state index contributed by atoms with van der Waals surface area (Å²) in [6.45, 7) is 1.94. The molecule has 0 saturated heterocycles. The van der Waals surface area contributed by atoms with Crippen LogP contribution < -0.4 is 0 Å². The van der Waals surface area contributed by atoms with Gasteiger partial charge in [0.05, 0.1) is 5.92 Å². The monoisotopic (exact) mass is 272 g/mol. The minimum Gasteiger partial charge on any atom is -0.508 e. The number of phenolic OH excluding ortho intramolecular Hbond substituents is 2. The number of aliphatic carboxylic acids is 1. The van der Waals surface area contributed by atoms with Crippen LogP contribution in [0.15, 0.2) is 42.5 Å². The van der Waals surface area contributed by atoms with Crippen molar-refractivity contribution in [2.75, 3.05) is 0 Å². The molecule has 0 aliphatic rings. The van der Waals surface area contributed by atoms with Crippen molar-refractivity contribution in [1.82, 2.24) is 0 Å². The van der Waals surface area contributed by atoms with E-state index in [1.54, 1.807) is 12.1 Å². The highest BCUT2D eigenvalue weighted by molar-refractivity contribution is 5.76. The van der Waals surface area contributed by atoms with Gasteiger partial charge in [-0.05, 0) is 30.5 Å². The van der Waals surface area contributed by atoms with E-state index in [0.29, 0.717) is 11.1 Å². The van der Waals surface area contributed by atoms with Gasteiger partial charge < -0.3 is 15.3 Å². The normalized spacial score (nSPS) is 12.1. The molecule has 1 unspecified atom stereocenters. The van der Waals surface area contributed by atoms with E-state index in [9.17, 15) is 20.1 Å². The molecule has 104 valence electrons. The standard InChI is InChI=1S/C16H16O4/c1-10-2-4-11(5-3-10)14(16(19)20)8-12-6-7-13(17)9-15(12)18/h2-7,9,14,17-18H,8H2,1H3,(H,19,20). The smallest absolute Gasteiger partial charge is 0.311 e. The maximum Gasteiger partial charge on any atom is 0.311 e. The number of carboxylic acids is 1. The first kappa shape index (κ1) is 13.9. The van der Waals surface area contributed by atoms with E-state index in [1.807, 2.05) is 19.1 Å². The fourth-order valence-corrected chi connectivity index (χ4v) is 2.09. The van der Waals surface area contributed by atoms with Crippen LogP contribution in [0.3, 0.4) is 0 Å². The molecule has 0 radical (unpaired) electrons. The van der Waals surface area contributed by atoms with Crippen LogP contribution >= 0.6 is 0 Å². The van der Waals surface area contributed by atoms with Gasteiger partial charge >= 0.3 is 5.97 Å². The molecule has 0 aromatic heterocycles. The summed E-state index contributed by atoms with van der Waals surface area (Å²) >= 11 is 0. The van der Waals surface area contributed by atoms with Gasteiger partial charge in [0.15, 0.2) is 0 Å². The summed E-state index contributed by atoms with van der Waals surface area (Å²) < 4.78 is 0. The molecule has 0 aliphatic heterocycles. The second-order valence-corrected chi connectivity index (χ2v) is 4.82. The molecular weight excluding hydrogens is 256 g/mol. The number of hydrogen-bond acceptors (Lipinski definition) is 3. The Morgan fingerprint density at radius 1 is 1.10 bits per heavy atom. The van der Waals surface area contributed by atoms with Gasteiger partial charge in [-0.1, -0.05) is 35.9 Å². The Kier molecular flexibility index (Phi) is 3.94. The maximum absolute atomic E-state index is 11.4. The van der Waals surface area contributed by atoms with E-state index in [2.05, 4.69) is 0 Å². The van der Waals surface area contributed by atoms with Gasteiger partial charge in [-0.25, -0.2) is 0 Å². The molecule has 0 bridgehead atoms. The SMILES string of the molecule is Cc1ccc(C(Cc2ccc(O)cc2O)C(=O)O)cc1. The Balaban J connectivity index is 2.30. The Labute approximate surface area is 116 Å². The fraction of sp³-hybridized carbons (Fsp3) is 0.188. The van der Waals surface area contributed by atoms with Crippen molar-refractivity contribution in [3.63, 3.8) is 0 Å². The highest BCUT2D eigenvalue weighted by Gasteiger charge is 2.21. The Bertz CT molecular complexity index is 617. The molecule has 1 atom stereocenters. The summed E-state index contributed by atoms with van der Waals surface area (Å²) in [6, 6.07) is 11.5. The third kappa shape index (κ3) is 3.09. The molecule has 4 heteroatoms. The van der Waals surface area contributed by atoms with Crippen molar-refractivity contribution in [3.8, 4) is 11.5 Å². The predicted molar refractivity (Wildman–Crippen MR) is 75.0 cm³/mol. The number of carbonyl (C=O) groups is 1. The van der Waals surface area contributed by atoms with Crippen molar-refractivity contribution in [3.05, 3.63) is 59.2 Å². The van der Waals surface area contributed by atoms with Gasteiger partial charge in [0.2, 0.25) is 0 Å². The first-order chi connectivity index (χ1) is 9.47. The van der Waals surface area contributed by atoms with Crippen LogP contribution in [-0.2, 0) is 11.2 Å². The second kappa shape index (κ2) is 5.65. The van der Waals surface area contributed by atoms with Crippen LogP contribution in [0.25, 0.3) is 0 Å². The number of benzene rings is 2. The first-order valence-electron chi connectivity index (χ1n) is 6.27. The van der Waals surface area contributed by atoms with Gasteiger partial charge in [-0.3, -0.25) is 4.79 Å². The van der Waals surface area contributed by atoms with Gasteiger partial charge in [-0.2, -0.15) is 0 Å². The van der Waals surface area contributed by atoms with Crippen molar-refractivity contribution in [2.24, 2.45) is 0 Å². The highest BCUT2D eigenvalue weighted by atomic mass is 16.4. The fourth-order valence-electron chi connectivity index (χ4n) is 2.09. The molecule has 4 nitrogen and oxygen atoms in total. The zero-order chi connectivity index (χ0) is 14.7. The minimum atomic E-state index is -0.943. The van der Waals surface area contributed by atoms with Crippen molar-refractivity contribution >= 4 is 5.97 Å². The third-order valence-electron chi connectivity index (χ3n) is 3.27. The molecule has 2 aromatic rings. The van der Waals surface area contributed by atoms with E-state index >= 15 is 0 Å². The lowest BCUT2D eigenvalue weighted by Gasteiger charge is -2.14. The molecule has 0 fully saturated rings. The van der Waals surface area contributed by atoms with Crippen LogP contribution in [0.5, 0.6) is 11.5 Å². The van der Waals surface area contributed by atoms with Crippen LogP contribution in [0.2, 0.25) is 0 Å². The molecule has 0 aliphatic carbocycles. The van der Waals surface area contributed by atoms with Gasteiger partial charge in [-0.15, -0.1) is 0 Å². The lowest BCUT2D eigenvalue weighted by atomic mass is 9.91. The average molecular weight is 272 g/mol. The van der Waals surface area contributed by atoms with E-state index in [0.717, 1.165) is 5.56 Å². The molecule has 0 amide bonds. The molecular formula is C16H16O4. The van der Waals surface area contributed by atoms with Crippen molar-refractivity contribution < 1.29 is 20.1 Å². The lowest BCUT2D eigenvalue weighted by molar-refractivity contribution is -0.138. The van der Waals surface area contributed by atoms with Gasteiger partial charge in [0.1, 0.15) is 11.5 Å². The van der Waals surface area contributed by atoms with E-state index in [-0.39, 0.29) is 17.9 Å². The average Bonchev–Trinajstić information content (AvgIpc) is 2.39. The maximum atomic E-state index is 11.4. The van der Waals surface area contributed by atoms with E-state index in [1.165, 1.54) is 18.2 Å². The summed E-state index contributed by atoms with van der Waals surface area (Å²) in [5, 5.41) is 28.4. The van der Waals surface area contributed by atoms with Crippen molar-refractivity contribution in [1.29, 1.82) is 0 Å². The first-order valence-corrected chi connectivity index (χ1v) is 6.27. The summed E-state index contributed by atoms with van der Waals surface area (Å²) in [5.74, 6) is -1.82. The van der Waals surface area contributed by atoms with E-state index in [4.69, 9.17) is 0 Å². The molecule has 3 N–H and O–H groups in total. The Morgan fingerprint density at radius 2 is 1.75 bits per heavy atom. The van der Waals surface area contributed by atoms with Crippen LogP contribution in [-0.4, -0.2) is 21.3 Å². The highest BCUT2D eigenvalue weighted by Crippen LogP contribution is 2.29. The molecule has 0 heterocycles. The summed E-state index contributed by atoms with van der Waals surface area (Å²) in [7, 11) is 0. The quantitative estimate of drug-likeness (QED) is 0.799. The number of aryl methyl sites for hydroxylation is 1. The number of hydrogen-bond donors (Lipinski definition) is 3. The summed E-state index contributed by atoms with van der Waals surface area (Å²) in [6.07, 6.45) is 0.171. The molecule has 0 spiro atoms. The second-order valence-electron chi connectivity index (χ2n) is 4.82. The van der Waals surface area contributed by atoms with Crippen LogP contribution in [0.4, 0.5) is 0 Å². The Hall–Kier alpha value is -2.49. The molecule has 2 aromatic carbocycles. The van der Waals surface area contributed by atoms with E-state index < -0.39 is 11.9 Å². The molecule has 20 heavy (non-hydrogen) atoms. The summed E-state index contributed by atoms with van der Waals surface area (Å²) in [4.78, 5) is 11.4. The predicted octanol–water partition coefficient (Wildman–Crippen LogP) is 2.82. The minimum absolute atomic E-state index is 0.0477. The number of rotatable bonds is 4. The van der Waals surface area contributed by atoms with Gasteiger partial charge in [0, 0.05) is 6.07 Å². The van der Waals surface area contributed by atoms with Crippen LogP contribution in [0, 0.1) is 6.92 Å².